The van der Waals surface area contributed by atoms with Crippen LogP contribution < -0.4 is 5.32 Å². The second kappa shape index (κ2) is 5.05. The van der Waals surface area contributed by atoms with Crippen molar-refractivity contribution in [3.8, 4) is 0 Å². The molecule has 1 aliphatic rings. The Hall–Kier alpha value is -2.63. The molecule has 0 fully saturated rings. The fourth-order valence-electron chi connectivity index (χ4n) is 2.49. The summed E-state index contributed by atoms with van der Waals surface area (Å²) in [6, 6.07) is 5.40. The molecule has 2 aromatic rings. The Morgan fingerprint density at radius 1 is 1.38 bits per heavy atom. The summed E-state index contributed by atoms with van der Waals surface area (Å²) >= 11 is 0. The number of fused-ring (bicyclic) bond motifs is 1. The van der Waals surface area contributed by atoms with E-state index >= 15 is 0 Å². The molecule has 1 aliphatic carbocycles. The quantitative estimate of drug-likeness (QED) is 0.835. The zero-order valence-corrected chi connectivity index (χ0v) is 11.5. The van der Waals surface area contributed by atoms with Crippen molar-refractivity contribution in [3.05, 3.63) is 47.9 Å². The van der Waals surface area contributed by atoms with E-state index in [2.05, 4.69) is 10.3 Å². The summed E-state index contributed by atoms with van der Waals surface area (Å²) in [5, 5.41) is 11.7. The lowest BCUT2D eigenvalue weighted by Crippen LogP contribution is -2.33. The Balaban J connectivity index is 1.75. The van der Waals surface area contributed by atoms with Gasteiger partial charge in [0.15, 0.2) is 0 Å². The van der Waals surface area contributed by atoms with Gasteiger partial charge in [0.2, 0.25) is 0 Å². The molecule has 21 heavy (non-hydrogen) atoms. The number of nitrogens with one attached hydrogen (secondary N) is 1. The fourth-order valence-corrected chi connectivity index (χ4v) is 2.49. The van der Waals surface area contributed by atoms with Crippen LogP contribution in [0.25, 0.3) is 5.65 Å². The molecule has 0 radical (unpaired) electrons. The Morgan fingerprint density at radius 2 is 2.19 bits per heavy atom. The molecular formula is C15H15N3O3. The predicted molar refractivity (Wildman–Crippen MR) is 76.1 cm³/mol. The monoisotopic (exact) mass is 285 g/mol. The lowest BCUT2D eigenvalue weighted by atomic mass is 10.1. The molecule has 0 spiro atoms. The minimum absolute atomic E-state index is 0.260. The predicted octanol–water partition coefficient (Wildman–Crippen LogP) is 1.40. The van der Waals surface area contributed by atoms with Crippen molar-refractivity contribution in [2.45, 2.75) is 19.4 Å². The molecule has 2 atom stereocenters. The van der Waals surface area contributed by atoms with E-state index in [4.69, 9.17) is 5.11 Å². The summed E-state index contributed by atoms with van der Waals surface area (Å²) in [5.74, 6) is -1.69. The van der Waals surface area contributed by atoms with E-state index in [0.29, 0.717) is 17.8 Å². The average Bonchev–Trinajstić information content (AvgIpc) is 3.05. The van der Waals surface area contributed by atoms with Crippen LogP contribution in [0.3, 0.4) is 0 Å². The highest BCUT2D eigenvalue weighted by molar-refractivity contribution is 5.93. The number of aromatic nitrogens is 2. The first-order valence-corrected chi connectivity index (χ1v) is 6.71. The van der Waals surface area contributed by atoms with Gasteiger partial charge in [0.1, 0.15) is 11.3 Å². The van der Waals surface area contributed by atoms with Gasteiger partial charge in [0.25, 0.3) is 5.91 Å². The number of hydrogen-bond acceptors (Lipinski definition) is 3. The molecule has 6 nitrogen and oxygen atoms in total. The van der Waals surface area contributed by atoms with Gasteiger partial charge in [-0.1, -0.05) is 18.2 Å². The molecule has 2 unspecified atom stereocenters. The number of carbonyl (C=O) groups excluding carboxylic acids is 1. The van der Waals surface area contributed by atoms with Gasteiger partial charge >= 0.3 is 5.97 Å². The van der Waals surface area contributed by atoms with E-state index < -0.39 is 11.9 Å². The second-order valence-electron chi connectivity index (χ2n) is 5.17. The normalized spacial score (nSPS) is 20.8. The Bertz CT molecular complexity index is 748. The summed E-state index contributed by atoms with van der Waals surface area (Å²) in [4.78, 5) is 27.3. The van der Waals surface area contributed by atoms with Gasteiger partial charge in [0.05, 0.1) is 5.92 Å². The maximum Gasteiger partial charge on any atom is 0.310 e. The van der Waals surface area contributed by atoms with Gasteiger partial charge in [-0.25, -0.2) is 4.98 Å². The number of aryl methyl sites for hydroxylation is 1. The number of hydrogen-bond donors (Lipinski definition) is 2. The first-order valence-electron chi connectivity index (χ1n) is 6.71. The third kappa shape index (κ3) is 2.52. The van der Waals surface area contributed by atoms with Crippen molar-refractivity contribution in [2.75, 3.05) is 0 Å². The van der Waals surface area contributed by atoms with Gasteiger partial charge in [-0.05, 0) is 25.5 Å². The number of nitrogens with zero attached hydrogens (tertiary/aromatic N) is 2. The highest BCUT2D eigenvalue weighted by atomic mass is 16.4. The first kappa shape index (κ1) is 13.4. The van der Waals surface area contributed by atoms with Crippen molar-refractivity contribution in [1.29, 1.82) is 0 Å². The maximum absolute atomic E-state index is 12.2. The van der Waals surface area contributed by atoms with E-state index in [9.17, 15) is 9.59 Å². The number of aliphatic carboxylic acids is 1. The third-order valence-electron chi connectivity index (χ3n) is 3.65. The fraction of sp³-hybridized carbons (Fsp3) is 0.267. The number of carboxylic acids is 1. The lowest BCUT2D eigenvalue weighted by molar-refractivity contribution is -0.140. The number of rotatable bonds is 3. The third-order valence-corrected chi connectivity index (χ3v) is 3.65. The molecule has 108 valence electrons. The van der Waals surface area contributed by atoms with E-state index in [1.54, 1.807) is 18.3 Å². The molecule has 3 rings (SSSR count). The minimum atomic E-state index is -0.869. The zero-order chi connectivity index (χ0) is 15.0. The maximum atomic E-state index is 12.2. The van der Waals surface area contributed by atoms with Crippen molar-refractivity contribution < 1.29 is 14.7 Å². The molecular weight excluding hydrogens is 270 g/mol. The van der Waals surface area contributed by atoms with Gasteiger partial charge < -0.3 is 14.8 Å². The van der Waals surface area contributed by atoms with Crippen molar-refractivity contribution in [1.82, 2.24) is 14.7 Å². The van der Waals surface area contributed by atoms with E-state index in [0.717, 1.165) is 5.69 Å². The highest BCUT2D eigenvalue weighted by Gasteiger charge is 2.26. The summed E-state index contributed by atoms with van der Waals surface area (Å²) in [5.41, 5.74) is 2.03. The smallest absolute Gasteiger partial charge is 0.310 e. The highest BCUT2D eigenvalue weighted by Crippen LogP contribution is 2.18. The number of pyridine rings is 1. The van der Waals surface area contributed by atoms with Crippen LogP contribution in [-0.4, -0.2) is 32.4 Å². The van der Waals surface area contributed by atoms with Crippen LogP contribution in [0.1, 0.15) is 22.6 Å². The summed E-state index contributed by atoms with van der Waals surface area (Å²) in [6.45, 7) is 1.94. The van der Waals surface area contributed by atoms with Crippen LogP contribution >= 0.6 is 0 Å². The summed E-state index contributed by atoms with van der Waals surface area (Å²) in [6.07, 6.45) is 5.40. The summed E-state index contributed by atoms with van der Waals surface area (Å²) in [7, 11) is 0. The Morgan fingerprint density at radius 3 is 2.86 bits per heavy atom. The van der Waals surface area contributed by atoms with E-state index in [1.165, 1.54) is 0 Å². The summed E-state index contributed by atoms with van der Waals surface area (Å²) < 4.78 is 1.85. The van der Waals surface area contributed by atoms with E-state index in [1.807, 2.05) is 29.5 Å². The number of carbonyl (C=O) groups is 2. The van der Waals surface area contributed by atoms with Crippen molar-refractivity contribution >= 4 is 17.5 Å². The minimum Gasteiger partial charge on any atom is -0.481 e. The molecule has 0 bridgehead atoms. The molecule has 0 aromatic carbocycles. The number of amides is 1. The molecule has 2 aromatic heterocycles. The van der Waals surface area contributed by atoms with Crippen LogP contribution in [0, 0.1) is 12.8 Å². The van der Waals surface area contributed by atoms with Gasteiger partial charge in [-0.2, -0.15) is 0 Å². The molecule has 2 N–H and O–H groups in total. The topological polar surface area (TPSA) is 83.7 Å². The molecule has 2 heterocycles. The molecule has 1 amide bonds. The van der Waals surface area contributed by atoms with Gasteiger partial charge in [-0.15, -0.1) is 0 Å². The standard InChI is InChI=1S/C15H15N3O3/c1-9-3-2-4-13-17-12(8-18(9)13)14(19)16-11-6-5-10(7-11)15(20)21/h2-6,8,10-11H,7H2,1H3,(H,16,19)(H,20,21). The van der Waals surface area contributed by atoms with Crippen LogP contribution in [0.5, 0.6) is 0 Å². The lowest BCUT2D eigenvalue weighted by Gasteiger charge is -2.10. The zero-order valence-electron chi connectivity index (χ0n) is 11.5. The van der Waals surface area contributed by atoms with Crippen LogP contribution in [-0.2, 0) is 4.79 Å². The molecule has 0 saturated heterocycles. The Kier molecular flexibility index (Phi) is 3.21. The van der Waals surface area contributed by atoms with Crippen molar-refractivity contribution in [2.24, 2.45) is 5.92 Å². The van der Waals surface area contributed by atoms with Gasteiger partial charge in [0, 0.05) is 17.9 Å². The first-order chi connectivity index (χ1) is 10.0. The average molecular weight is 285 g/mol. The number of imidazole rings is 1. The molecule has 6 heteroatoms. The van der Waals surface area contributed by atoms with Crippen LogP contribution in [0.2, 0.25) is 0 Å². The van der Waals surface area contributed by atoms with Crippen LogP contribution in [0.15, 0.2) is 36.5 Å². The largest absolute Gasteiger partial charge is 0.481 e. The van der Waals surface area contributed by atoms with E-state index in [-0.39, 0.29) is 11.9 Å². The second-order valence-corrected chi connectivity index (χ2v) is 5.17. The molecule has 0 saturated carbocycles. The van der Waals surface area contributed by atoms with Crippen LogP contribution in [0.4, 0.5) is 0 Å². The SMILES string of the molecule is Cc1cccc2nc(C(=O)NC3C=CC(C(=O)O)C3)cn12. The van der Waals surface area contributed by atoms with Crippen molar-refractivity contribution in [3.63, 3.8) is 0 Å². The number of carboxylic acid groups (broad SMARTS) is 1. The van der Waals surface area contributed by atoms with Gasteiger partial charge in [-0.3, -0.25) is 9.59 Å². The Labute approximate surface area is 121 Å². The molecule has 0 aliphatic heterocycles.